The van der Waals surface area contributed by atoms with Crippen molar-refractivity contribution in [2.75, 3.05) is 11.9 Å². The Bertz CT molecular complexity index is 625. The minimum absolute atomic E-state index is 0.0168. The lowest BCUT2D eigenvalue weighted by Crippen LogP contribution is -2.33. The van der Waals surface area contributed by atoms with Crippen molar-refractivity contribution >= 4 is 22.5 Å². The zero-order valence-electron chi connectivity index (χ0n) is 12.2. The summed E-state index contributed by atoms with van der Waals surface area (Å²) in [6, 6.07) is 9.14. The van der Waals surface area contributed by atoms with E-state index < -0.39 is 0 Å². The molecule has 6 heteroatoms. The first-order valence-corrected chi connectivity index (χ1v) is 8.33. The third-order valence-electron chi connectivity index (χ3n) is 3.66. The van der Waals surface area contributed by atoms with Gasteiger partial charge in [0.05, 0.1) is 11.7 Å². The number of thiazole rings is 1. The molecule has 1 aromatic carbocycles. The number of carbonyl (C=O) groups excluding carboxylic acids is 1. The van der Waals surface area contributed by atoms with Crippen molar-refractivity contribution in [1.29, 1.82) is 0 Å². The molecule has 3 N–H and O–H groups in total. The summed E-state index contributed by atoms with van der Waals surface area (Å²) in [4.78, 5) is 16.6. The van der Waals surface area contributed by atoms with Crippen molar-refractivity contribution in [1.82, 2.24) is 10.3 Å². The standard InChI is InChI=1S/C16H19N3O2S/c20-9-8-13(11-4-2-1-3-5-11)17-15(21)19-16-18-14(10-22-16)12-6-7-12/h1-5,10,12-13,20H,6-9H2,(H2,17,18,19,21)/t13-/m1/s1. The van der Waals surface area contributed by atoms with Gasteiger partial charge in [-0.1, -0.05) is 30.3 Å². The predicted molar refractivity (Wildman–Crippen MR) is 87.1 cm³/mol. The summed E-state index contributed by atoms with van der Waals surface area (Å²) in [6.45, 7) is 0.0168. The molecule has 0 saturated heterocycles. The SMILES string of the molecule is O=C(Nc1nc(C2CC2)cs1)N[C@H](CCO)c1ccccc1. The normalized spacial score (nSPS) is 15.3. The first-order chi connectivity index (χ1) is 10.8. The van der Waals surface area contributed by atoms with Gasteiger partial charge in [0.2, 0.25) is 0 Å². The Morgan fingerprint density at radius 1 is 1.36 bits per heavy atom. The zero-order valence-corrected chi connectivity index (χ0v) is 13.0. The number of amides is 2. The second-order valence-electron chi connectivity index (χ2n) is 5.43. The number of carbonyl (C=O) groups is 1. The largest absolute Gasteiger partial charge is 0.396 e. The van der Waals surface area contributed by atoms with Gasteiger partial charge in [-0.15, -0.1) is 11.3 Å². The van der Waals surface area contributed by atoms with Crippen LogP contribution in [0.1, 0.15) is 42.5 Å². The lowest BCUT2D eigenvalue weighted by atomic mass is 10.0. The lowest BCUT2D eigenvalue weighted by molar-refractivity contribution is 0.239. The zero-order chi connectivity index (χ0) is 15.4. The Kier molecular flexibility index (Phi) is 4.70. The van der Waals surface area contributed by atoms with Crippen LogP contribution in [0.3, 0.4) is 0 Å². The van der Waals surface area contributed by atoms with Crippen LogP contribution in [0.15, 0.2) is 35.7 Å². The average Bonchev–Trinajstić information content (AvgIpc) is 3.28. The number of hydrogen-bond acceptors (Lipinski definition) is 4. The van der Waals surface area contributed by atoms with Gasteiger partial charge in [-0.25, -0.2) is 9.78 Å². The Morgan fingerprint density at radius 3 is 2.82 bits per heavy atom. The Balaban J connectivity index is 1.60. The van der Waals surface area contributed by atoms with Gasteiger partial charge in [-0.05, 0) is 24.8 Å². The number of benzene rings is 1. The van der Waals surface area contributed by atoms with Gasteiger partial charge in [0.25, 0.3) is 0 Å². The maximum atomic E-state index is 12.1. The van der Waals surface area contributed by atoms with E-state index in [9.17, 15) is 9.90 Å². The van der Waals surface area contributed by atoms with E-state index >= 15 is 0 Å². The quantitative estimate of drug-likeness (QED) is 0.765. The average molecular weight is 317 g/mol. The van der Waals surface area contributed by atoms with Crippen LogP contribution < -0.4 is 10.6 Å². The second-order valence-corrected chi connectivity index (χ2v) is 6.28. The van der Waals surface area contributed by atoms with E-state index in [1.807, 2.05) is 35.7 Å². The van der Waals surface area contributed by atoms with Crippen molar-refractivity contribution in [3.63, 3.8) is 0 Å². The number of hydrogen-bond donors (Lipinski definition) is 3. The van der Waals surface area contributed by atoms with E-state index in [4.69, 9.17) is 0 Å². The fraction of sp³-hybridized carbons (Fsp3) is 0.375. The van der Waals surface area contributed by atoms with Crippen LogP contribution in [0, 0.1) is 0 Å². The lowest BCUT2D eigenvalue weighted by Gasteiger charge is -2.18. The molecular formula is C16H19N3O2S. The molecule has 1 aliphatic rings. The summed E-state index contributed by atoms with van der Waals surface area (Å²) in [5.41, 5.74) is 2.06. The highest BCUT2D eigenvalue weighted by Gasteiger charge is 2.26. The van der Waals surface area contributed by atoms with E-state index in [1.54, 1.807) is 0 Å². The van der Waals surface area contributed by atoms with Gasteiger partial charge in [0, 0.05) is 17.9 Å². The van der Waals surface area contributed by atoms with Crippen molar-refractivity contribution in [2.24, 2.45) is 0 Å². The maximum absolute atomic E-state index is 12.1. The molecule has 3 rings (SSSR count). The van der Waals surface area contributed by atoms with Gasteiger partial charge in [-0.3, -0.25) is 5.32 Å². The topological polar surface area (TPSA) is 74.2 Å². The summed E-state index contributed by atoms with van der Waals surface area (Å²) in [5.74, 6) is 0.585. The van der Waals surface area contributed by atoms with E-state index in [-0.39, 0.29) is 18.7 Å². The van der Waals surface area contributed by atoms with E-state index in [0.717, 1.165) is 11.3 Å². The number of aliphatic hydroxyl groups excluding tert-OH is 1. The van der Waals surface area contributed by atoms with Crippen LogP contribution in [0.5, 0.6) is 0 Å². The molecule has 1 heterocycles. The highest BCUT2D eigenvalue weighted by Crippen LogP contribution is 2.40. The van der Waals surface area contributed by atoms with Crippen molar-refractivity contribution in [2.45, 2.75) is 31.2 Å². The monoisotopic (exact) mass is 317 g/mol. The molecule has 0 bridgehead atoms. The number of nitrogens with zero attached hydrogens (tertiary/aromatic N) is 1. The van der Waals surface area contributed by atoms with Gasteiger partial charge in [0.15, 0.2) is 5.13 Å². The van der Waals surface area contributed by atoms with Gasteiger partial charge in [-0.2, -0.15) is 0 Å². The van der Waals surface area contributed by atoms with Crippen LogP contribution in [-0.4, -0.2) is 22.7 Å². The smallest absolute Gasteiger partial charge is 0.321 e. The molecule has 2 aromatic rings. The van der Waals surface area contributed by atoms with Gasteiger partial charge in [0.1, 0.15) is 0 Å². The molecule has 0 aliphatic heterocycles. The fourth-order valence-electron chi connectivity index (χ4n) is 2.34. The minimum atomic E-state index is -0.293. The molecule has 1 fully saturated rings. The molecule has 0 radical (unpaired) electrons. The fourth-order valence-corrected chi connectivity index (χ4v) is 3.13. The third-order valence-corrected chi connectivity index (χ3v) is 4.44. The highest BCUT2D eigenvalue weighted by atomic mass is 32.1. The first-order valence-electron chi connectivity index (χ1n) is 7.45. The molecule has 1 saturated carbocycles. The second kappa shape index (κ2) is 6.89. The van der Waals surface area contributed by atoms with E-state index in [2.05, 4.69) is 15.6 Å². The number of nitrogens with one attached hydrogen (secondary N) is 2. The third kappa shape index (κ3) is 3.84. The number of aromatic nitrogens is 1. The number of anilines is 1. The number of urea groups is 1. The molecule has 5 nitrogen and oxygen atoms in total. The molecule has 2 amide bonds. The van der Waals surface area contributed by atoms with Crippen LogP contribution in [-0.2, 0) is 0 Å². The highest BCUT2D eigenvalue weighted by molar-refractivity contribution is 7.13. The van der Waals surface area contributed by atoms with E-state index in [1.165, 1.54) is 24.2 Å². The Hall–Kier alpha value is -1.92. The Labute approximate surface area is 133 Å². The maximum Gasteiger partial charge on any atom is 0.321 e. The van der Waals surface area contributed by atoms with Crippen LogP contribution in [0.25, 0.3) is 0 Å². The van der Waals surface area contributed by atoms with Crippen molar-refractivity contribution in [3.8, 4) is 0 Å². The molecule has 1 aliphatic carbocycles. The van der Waals surface area contributed by atoms with Crippen LogP contribution in [0.2, 0.25) is 0 Å². The summed E-state index contributed by atoms with van der Waals surface area (Å²) in [6.07, 6.45) is 2.87. The molecular weight excluding hydrogens is 298 g/mol. The van der Waals surface area contributed by atoms with Gasteiger partial charge < -0.3 is 10.4 Å². The summed E-state index contributed by atoms with van der Waals surface area (Å²) in [7, 11) is 0. The summed E-state index contributed by atoms with van der Waals surface area (Å²) in [5, 5.41) is 17.5. The van der Waals surface area contributed by atoms with Crippen molar-refractivity contribution in [3.05, 3.63) is 47.0 Å². The minimum Gasteiger partial charge on any atom is -0.396 e. The van der Waals surface area contributed by atoms with Gasteiger partial charge >= 0.3 is 6.03 Å². The molecule has 0 unspecified atom stereocenters. The molecule has 22 heavy (non-hydrogen) atoms. The number of aliphatic hydroxyl groups is 1. The first kappa shape index (κ1) is 15.0. The summed E-state index contributed by atoms with van der Waals surface area (Å²) >= 11 is 1.45. The number of rotatable bonds is 6. The van der Waals surface area contributed by atoms with Crippen LogP contribution >= 0.6 is 11.3 Å². The Morgan fingerprint density at radius 2 is 2.14 bits per heavy atom. The molecule has 0 spiro atoms. The summed E-state index contributed by atoms with van der Waals surface area (Å²) < 4.78 is 0. The van der Waals surface area contributed by atoms with Crippen LogP contribution in [0.4, 0.5) is 9.93 Å². The van der Waals surface area contributed by atoms with E-state index in [0.29, 0.717) is 17.5 Å². The van der Waals surface area contributed by atoms with Crippen molar-refractivity contribution < 1.29 is 9.90 Å². The predicted octanol–water partition coefficient (Wildman–Crippen LogP) is 3.27. The molecule has 1 atom stereocenters. The molecule has 1 aromatic heterocycles. The molecule has 116 valence electrons.